The number of amides is 1. The summed E-state index contributed by atoms with van der Waals surface area (Å²) >= 11 is 0. The normalized spacial score (nSPS) is 17.6. The van der Waals surface area contributed by atoms with Gasteiger partial charge in [0.15, 0.2) is 0 Å². The maximum absolute atomic E-state index is 13.9. The molecule has 0 bridgehead atoms. The van der Waals surface area contributed by atoms with E-state index in [1.54, 1.807) is 45.9 Å². The van der Waals surface area contributed by atoms with Gasteiger partial charge < -0.3 is 24.1 Å². The summed E-state index contributed by atoms with van der Waals surface area (Å²) in [6.45, 7) is 5.76. The number of benzene rings is 2. The third kappa shape index (κ3) is 7.48. The Balaban J connectivity index is 1.66. The van der Waals surface area contributed by atoms with Gasteiger partial charge in [-0.3, -0.25) is 9.29 Å². The van der Waals surface area contributed by atoms with Crippen molar-refractivity contribution in [3.05, 3.63) is 59.3 Å². The summed E-state index contributed by atoms with van der Waals surface area (Å²) in [5.74, 6) is 0.833. The smallest absolute Gasteiger partial charge is 0.410 e. The number of aromatic amines is 1. The number of halogens is 4. The molecule has 1 aliphatic rings. The zero-order chi connectivity index (χ0) is 30.7. The van der Waals surface area contributed by atoms with Gasteiger partial charge in [-0.1, -0.05) is 18.2 Å². The number of alkyl halides is 4. The first-order valence-electron chi connectivity index (χ1n) is 14.1. The molecule has 0 radical (unpaired) electrons. The summed E-state index contributed by atoms with van der Waals surface area (Å²) in [7, 11) is 1.48. The molecule has 2 aromatic carbocycles. The number of carbonyl (C=O) groups excluding carboxylic acids is 1. The number of hydrogen-bond donors (Lipinski definition) is 1. The molecule has 230 valence electrons. The number of methoxy groups -OCH3 is 1. The maximum Gasteiger partial charge on any atom is 0.410 e. The minimum Gasteiger partial charge on any atom is -0.496 e. The van der Waals surface area contributed by atoms with Crippen molar-refractivity contribution in [1.29, 1.82) is 0 Å². The van der Waals surface area contributed by atoms with Gasteiger partial charge in [0, 0.05) is 34.7 Å². The van der Waals surface area contributed by atoms with Gasteiger partial charge in [-0.15, -0.1) is 0 Å². The molecule has 0 aliphatic carbocycles. The van der Waals surface area contributed by atoms with Crippen LogP contribution in [0, 0.1) is 0 Å². The van der Waals surface area contributed by atoms with Crippen LogP contribution in [-0.2, 0) is 11.2 Å². The van der Waals surface area contributed by atoms with Gasteiger partial charge in [0.2, 0.25) is 0 Å². The highest BCUT2D eigenvalue weighted by molar-refractivity contribution is 5.85. The Hall–Kier alpha value is -3.47. The predicted octanol–water partition coefficient (Wildman–Crippen LogP) is 7.05. The topological polar surface area (TPSA) is 67.0 Å². The van der Waals surface area contributed by atoms with Gasteiger partial charge in [-0.05, 0) is 70.4 Å². The highest BCUT2D eigenvalue weighted by Gasteiger charge is 2.43. The second-order valence-corrected chi connectivity index (χ2v) is 11.6. The molecule has 0 fully saturated rings. The Morgan fingerprint density at radius 1 is 1.12 bits per heavy atom. The standard InChI is InChI=1S/C31H39F4N3O4/c1-20-17-23-22-9-6-7-10-25(22)36-27(23)28(38(20)19-31(33,34)35)24-18-21(11-12-26(24)40-5)41-16-15-37(14-8-13-32)29(39)42-30(2,3)4/h6-7,9-12,18,20,28,36H,8,13-17,19H2,1-5H3/t20-,28-/m1/s1. The molecular formula is C31H39F4N3O4. The van der Waals surface area contributed by atoms with Crippen molar-refractivity contribution in [2.45, 2.75) is 64.4 Å². The number of H-pyrrole nitrogens is 1. The molecule has 0 unspecified atom stereocenters. The van der Waals surface area contributed by atoms with E-state index in [1.807, 2.05) is 24.3 Å². The van der Waals surface area contributed by atoms with Crippen molar-refractivity contribution in [2.75, 3.05) is 40.0 Å². The SMILES string of the molecule is COc1ccc(OCCN(CCCF)C(=O)OC(C)(C)C)cc1[C@@H]1c2[nH]c3ccccc3c2C[C@@H](C)N1CC(F)(F)F. The third-order valence-corrected chi connectivity index (χ3v) is 7.22. The molecular weight excluding hydrogens is 554 g/mol. The lowest BCUT2D eigenvalue weighted by Gasteiger charge is -2.41. The first-order valence-corrected chi connectivity index (χ1v) is 14.1. The highest BCUT2D eigenvalue weighted by atomic mass is 19.4. The second kappa shape index (κ2) is 12.8. The predicted molar refractivity (Wildman–Crippen MR) is 153 cm³/mol. The fourth-order valence-corrected chi connectivity index (χ4v) is 5.46. The molecule has 3 aromatic rings. The number of para-hydroxylation sites is 1. The Bertz CT molecular complexity index is 1370. The van der Waals surface area contributed by atoms with Crippen LogP contribution in [0.4, 0.5) is 22.4 Å². The minimum atomic E-state index is -4.41. The first-order chi connectivity index (χ1) is 19.8. The van der Waals surface area contributed by atoms with Crippen LogP contribution in [0.3, 0.4) is 0 Å². The van der Waals surface area contributed by atoms with E-state index in [2.05, 4.69) is 4.98 Å². The Morgan fingerprint density at radius 3 is 2.52 bits per heavy atom. The van der Waals surface area contributed by atoms with Gasteiger partial charge >= 0.3 is 12.3 Å². The third-order valence-electron chi connectivity index (χ3n) is 7.22. The average molecular weight is 594 g/mol. The number of rotatable bonds is 10. The van der Waals surface area contributed by atoms with Gasteiger partial charge in [0.05, 0.1) is 32.9 Å². The number of carbonyl (C=O) groups is 1. The van der Waals surface area contributed by atoms with Gasteiger partial charge in [-0.2, -0.15) is 13.2 Å². The van der Waals surface area contributed by atoms with E-state index in [0.29, 0.717) is 29.2 Å². The Morgan fingerprint density at radius 2 is 1.86 bits per heavy atom. The van der Waals surface area contributed by atoms with Crippen LogP contribution in [-0.4, -0.2) is 78.7 Å². The van der Waals surface area contributed by atoms with Crippen molar-refractivity contribution in [2.24, 2.45) is 0 Å². The van der Waals surface area contributed by atoms with Crippen molar-refractivity contribution in [1.82, 2.24) is 14.8 Å². The number of hydrogen-bond acceptors (Lipinski definition) is 5. The van der Waals surface area contributed by atoms with E-state index in [1.165, 1.54) is 16.9 Å². The number of nitrogens with zero attached hydrogens (tertiary/aromatic N) is 2. The van der Waals surface area contributed by atoms with E-state index < -0.39 is 43.2 Å². The van der Waals surface area contributed by atoms with Crippen LogP contribution in [0.2, 0.25) is 0 Å². The number of nitrogens with one attached hydrogen (secondary N) is 1. The second-order valence-electron chi connectivity index (χ2n) is 11.6. The minimum absolute atomic E-state index is 0.0717. The molecule has 1 aromatic heterocycles. The number of ether oxygens (including phenoxy) is 3. The Kier molecular flexibility index (Phi) is 9.60. The monoisotopic (exact) mass is 593 g/mol. The van der Waals surface area contributed by atoms with Gasteiger partial charge in [0.25, 0.3) is 0 Å². The van der Waals surface area contributed by atoms with Crippen LogP contribution in [0.1, 0.15) is 57.0 Å². The van der Waals surface area contributed by atoms with E-state index in [0.717, 1.165) is 16.5 Å². The van der Waals surface area contributed by atoms with E-state index in [4.69, 9.17) is 14.2 Å². The fraction of sp³-hybridized carbons (Fsp3) is 0.516. The van der Waals surface area contributed by atoms with Crippen LogP contribution in [0.5, 0.6) is 11.5 Å². The molecule has 0 saturated carbocycles. The zero-order valence-electron chi connectivity index (χ0n) is 24.7. The lowest BCUT2D eigenvalue weighted by atomic mass is 9.88. The van der Waals surface area contributed by atoms with Crippen molar-refractivity contribution < 1.29 is 36.6 Å². The number of aromatic nitrogens is 1. The summed E-state index contributed by atoms with van der Waals surface area (Å²) in [5, 5.41) is 0.984. The van der Waals surface area contributed by atoms with Crippen LogP contribution >= 0.6 is 0 Å². The quantitative estimate of drug-likeness (QED) is 0.255. The molecule has 2 heterocycles. The molecule has 7 nitrogen and oxygen atoms in total. The number of fused-ring (bicyclic) bond motifs is 3. The fourth-order valence-electron chi connectivity index (χ4n) is 5.46. The first kappa shape index (κ1) is 31.5. The molecule has 0 spiro atoms. The van der Waals surface area contributed by atoms with Crippen LogP contribution in [0.25, 0.3) is 10.9 Å². The van der Waals surface area contributed by atoms with Crippen LogP contribution in [0.15, 0.2) is 42.5 Å². The van der Waals surface area contributed by atoms with Gasteiger partial charge in [-0.25, -0.2) is 4.79 Å². The molecule has 42 heavy (non-hydrogen) atoms. The van der Waals surface area contributed by atoms with Gasteiger partial charge in [0.1, 0.15) is 23.7 Å². The molecule has 0 saturated heterocycles. The van der Waals surface area contributed by atoms with Crippen molar-refractivity contribution in [3.63, 3.8) is 0 Å². The summed E-state index contributed by atoms with van der Waals surface area (Å²) in [4.78, 5) is 18.9. The molecule has 1 N–H and O–H groups in total. The highest BCUT2D eigenvalue weighted by Crippen LogP contribution is 2.45. The summed E-state index contributed by atoms with van der Waals surface area (Å²) < 4.78 is 71.5. The van der Waals surface area contributed by atoms with E-state index >= 15 is 0 Å². The molecule has 2 atom stereocenters. The molecule has 1 amide bonds. The summed E-state index contributed by atoms with van der Waals surface area (Å²) in [5.41, 5.74) is 2.35. The van der Waals surface area contributed by atoms with E-state index in [9.17, 15) is 22.4 Å². The van der Waals surface area contributed by atoms with E-state index in [-0.39, 0.29) is 26.1 Å². The van der Waals surface area contributed by atoms with Crippen molar-refractivity contribution in [3.8, 4) is 11.5 Å². The lowest BCUT2D eigenvalue weighted by molar-refractivity contribution is -0.155. The lowest BCUT2D eigenvalue weighted by Crippen LogP contribution is -2.47. The molecule has 4 rings (SSSR count). The molecule has 11 heteroatoms. The maximum atomic E-state index is 13.9. The zero-order valence-corrected chi connectivity index (χ0v) is 24.7. The van der Waals surface area contributed by atoms with Crippen molar-refractivity contribution >= 4 is 17.0 Å². The van der Waals surface area contributed by atoms with Crippen LogP contribution < -0.4 is 9.47 Å². The average Bonchev–Trinajstić information content (AvgIpc) is 3.27. The summed E-state index contributed by atoms with van der Waals surface area (Å²) in [6.07, 6.45) is -4.36. The largest absolute Gasteiger partial charge is 0.496 e. The molecule has 1 aliphatic heterocycles. The Labute approximate surface area is 243 Å². The summed E-state index contributed by atoms with van der Waals surface area (Å²) in [6, 6.07) is 11.6.